The Morgan fingerprint density at radius 2 is 1.76 bits per heavy atom. The Hall–Kier alpha value is -2.00. The Labute approximate surface area is 153 Å². The van der Waals surface area contributed by atoms with E-state index in [-0.39, 0.29) is 5.92 Å². The molecule has 0 aliphatic carbocycles. The monoisotopic (exact) mass is 349 g/mol. The molecule has 1 fully saturated rings. The van der Waals surface area contributed by atoms with Crippen LogP contribution in [0.2, 0.25) is 0 Å². The molecule has 0 spiro atoms. The highest BCUT2D eigenvalue weighted by Crippen LogP contribution is 2.39. The number of hydrogen-bond acceptors (Lipinski definition) is 2. The van der Waals surface area contributed by atoms with Crippen LogP contribution in [-0.2, 0) is 11.3 Å². The Morgan fingerprint density at radius 1 is 0.960 bits per heavy atom. The minimum absolute atomic E-state index is 0.197. The first kappa shape index (κ1) is 16.5. The van der Waals surface area contributed by atoms with E-state index in [0.29, 0.717) is 17.6 Å². The van der Waals surface area contributed by atoms with Gasteiger partial charge in [0.2, 0.25) is 0 Å². The molecular weight excluding hydrogens is 326 g/mol. The largest absolute Gasteiger partial charge is 0.340 e. The SMILES string of the molecule is O=C(Cn1ccc2ccccc21)C1CCSC(c2ccccc2)CC1. The normalized spacial score (nSPS) is 21.1. The van der Waals surface area contributed by atoms with Crippen LogP contribution in [0.25, 0.3) is 10.9 Å². The van der Waals surface area contributed by atoms with Crippen molar-refractivity contribution >= 4 is 28.4 Å². The second kappa shape index (κ2) is 7.49. The van der Waals surface area contributed by atoms with Gasteiger partial charge in [0.15, 0.2) is 5.78 Å². The van der Waals surface area contributed by atoms with Gasteiger partial charge in [-0.2, -0.15) is 11.8 Å². The molecule has 2 unspecified atom stereocenters. The van der Waals surface area contributed by atoms with Crippen molar-refractivity contribution in [2.75, 3.05) is 5.75 Å². The van der Waals surface area contributed by atoms with Gasteiger partial charge in [0, 0.05) is 22.9 Å². The summed E-state index contributed by atoms with van der Waals surface area (Å²) in [7, 11) is 0. The number of aromatic nitrogens is 1. The molecule has 25 heavy (non-hydrogen) atoms. The molecule has 2 nitrogen and oxygen atoms in total. The number of fused-ring (bicyclic) bond motifs is 1. The zero-order valence-electron chi connectivity index (χ0n) is 14.3. The summed E-state index contributed by atoms with van der Waals surface area (Å²) in [6.07, 6.45) is 5.15. The van der Waals surface area contributed by atoms with Crippen molar-refractivity contribution in [1.29, 1.82) is 0 Å². The van der Waals surface area contributed by atoms with E-state index in [9.17, 15) is 4.79 Å². The number of thioether (sulfide) groups is 1. The molecule has 0 amide bonds. The molecule has 4 rings (SSSR count). The molecule has 2 aromatic carbocycles. The van der Waals surface area contributed by atoms with Crippen molar-refractivity contribution in [3.8, 4) is 0 Å². The molecule has 0 radical (unpaired) electrons. The van der Waals surface area contributed by atoms with E-state index in [1.54, 1.807) is 0 Å². The van der Waals surface area contributed by atoms with Gasteiger partial charge in [-0.1, -0.05) is 48.5 Å². The van der Waals surface area contributed by atoms with Crippen LogP contribution in [0.5, 0.6) is 0 Å². The average molecular weight is 349 g/mol. The molecule has 0 saturated carbocycles. The maximum Gasteiger partial charge on any atom is 0.155 e. The van der Waals surface area contributed by atoms with Crippen molar-refractivity contribution in [3.05, 3.63) is 72.4 Å². The van der Waals surface area contributed by atoms with Gasteiger partial charge in [-0.25, -0.2) is 0 Å². The minimum Gasteiger partial charge on any atom is -0.340 e. The zero-order chi connectivity index (χ0) is 17.1. The van der Waals surface area contributed by atoms with Crippen LogP contribution in [-0.4, -0.2) is 16.1 Å². The Balaban J connectivity index is 1.43. The van der Waals surface area contributed by atoms with Gasteiger partial charge in [0.1, 0.15) is 0 Å². The molecule has 0 bridgehead atoms. The van der Waals surface area contributed by atoms with Crippen molar-refractivity contribution in [2.24, 2.45) is 5.92 Å². The summed E-state index contributed by atoms with van der Waals surface area (Å²) < 4.78 is 2.10. The Bertz CT molecular complexity index is 855. The Morgan fingerprint density at radius 3 is 2.64 bits per heavy atom. The second-order valence-electron chi connectivity index (χ2n) is 6.80. The van der Waals surface area contributed by atoms with Crippen LogP contribution in [0.15, 0.2) is 66.9 Å². The molecular formula is C22H23NOS. The summed E-state index contributed by atoms with van der Waals surface area (Å²) in [5.41, 5.74) is 2.55. The number of nitrogens with zero attached hydrogens (tertiary/aromatic N) is 1. The van der Waals surface area contributed by atoms with Crippen molar-refractivity contribution in [3.63, 3.8) is 0 Å². The van der Waals surface area contributed by atoms with E-state index in [4.69, 9.17) is 0 Å². The summed E-state index contributed by atoms with van der Waals surface area (Å²) in [6, 6.07) is 21.1. The Kier molecular flexibility index (Phi) is 4.93. The molecule has 3 heteroatoms. The number of carbonyl (C=O) groups excluding carboxylic acids is 1. The van der Waals surface area contributed by atoms with Crippen LogP contribution < -0.4 is 0 Å². The summed E-state index contributed by atoms with van der Waals surface area (Å²) in [6.45, 7) is 0.499. The fourth-order valence-corrected chi connectivity index (χ4v) is 5.12. The third kappa shape index (κ3) is 3.67. The van der Waals surface area contributed by atoms with Gasteiger partial charge in [0.25, 0.3) is 0 Å². The van der Waals surface area contributed by atoms with Crippen molar-refractivity contribution in [1.82, 2.24) is 4.57 Å². The first-order valence-electron chi connectivity index (χ1n) is 9.04. The van der Waals surface area contributed by atoms with Crippen molar-refractivity contribution < 1.29 is 4.79 Å². The van der Waals surface area contributed by atoms with Gasteiger partial charge in [-0.15, -0.1) is 0 Å². The molecule has 1 aromatic heterocycles. The molecule has 0 N–H and O–H groups in total. The van der Waals surface area contributed by atoms with E-state index in [2.05, 4.69) is 53.1 Å². The average Bonchev–Trinajstić information content (AvgIpc) is 2.90. The third-order valence-corrected chi connectivity index (χ3v) is 6.58. The highest BCUT2D eigenvalue weighted by Gasteiger charge is 2.25. The quantitative estimate of drug-likeness (QED) is 0.622. The number of hydrogen-bond donors (Lipinski definition) is 0. The molecule has 1 saturated heterocycles. The number of Topliss-reactive ketones (excluding diaryl/α,β-unsaturated/α-hetero) is 1. The summed E-state index contributed by atoms with van der Waals surface area (Å²) in [5, 5.41) is 1.74. The summed E-state index contributed by atoms with van der Waals surface area (Å²) in [5.74, 6) is 1.65. The predicted molar refractivity (Wildman–Crippen MR) is 106 cm³/mol. The zero-order valence-corrected chi connectivity index (χ0v) is 15.1. The van der Waals surface area contributed by atoms with Crippen molar-refractivity contribution in [2.45, 2.75) is 31.1 Å². The first-order chi connectivity index (χ1) is 12.3. The highest BCUT2D eigenvalue weighted by molar-refractivity contribution is 7.99. The van der Waals surface area contributed by atoms with E-state index in [0.717, 1.165) is 30.5 Å². The molecule has 1 aliphatic rings. The first-order valence-corrected chi connectivity index (χ1v) is 10.1. The van der Waals surface area contributed by atoms with Crippen LogP contribution in [0.4, 0.5) is 0 Å². The van der Waals surface area contributed by atoms with Gasteiger partial charge in [-0.3, -0.25) is 4.79 Å². The summed E-state index contributed by atoms with van der Waals surface area (Å²) in [4.78, 5) is 12.9. The van der Waals surface area contributed by atoms with E-state index >= 15 is 0 Å². The predicted octanol–water partition coefficient (Wildman–Crippen LogP) is 5.49. The minimum atomic E-state index is 0.197. The van der Waals surface area contributed by atoms with Gasteiger partial charge >= 0.3 is 0 Å². The second-order valence-corrected chi connectivity index (χ2v) is 8.11. The fourth-order valence-electron chi connectivity index (χ4n) is 3.76. The van der Waals surface area contributed by atoms with Gasteiger partial charge in [-0.05, 0) is 48.1 Å². The third-order valence-electron chi connectivity index (χ3n) is 5.20. The lowest BCUT2D eigenvalue weighted by molar-refractivity contribution is -0.123. The maximum absolute atomic E-state index is 12.9. The van der Waals surface area contributed by atoms with E-state index < -0.39 is 0 Å². The van der Waals surface area contributed by atoms with Crippen LogP contribution in [0.1, 0.15) is 30.1 Å². The molecule has 3 aromatic rings. The van der Waals surface area contributed by atoms with Crippen LogP contribution in [0.3, 0.4) is 0 Å². The number of ketones is 1. The lowest BCUT2D eigenvalue weighted by Crippen LogP contribution is -2.20. The molecule has 2 atom stereocenters. The van der Waals surface area contributed by atoms with E-state index in [1.807, 2.05) is 30.1 Å². The van der Waals surface area contributed by atoms with Gasteiger partial charge in [0.05, 0.1) is 6.54 Å². The van der Waals surface area contributed by atoms with Gasteiger partial charge < -0.3 is 4.57 Å². The summed E-state index contributed by atoms with van der Waals surface area (Å²) >= 11 is 2.01. The number of para-hydroxylation sites is 1. The van der Waals surface area contributed by atoms with Crippen LogP contribution >= 0.6 is 11.8 Å². The lowest BCUT2D eigenvalue weighted by Gasteiger charge is -2.15. The number of rotatable bonds is 4. The van der Waals surface area contributed by atoms with Crippen LogP contribution in [0, 0.1) is 5.92 Å². The molecule has 1 aliphatic heterocycles. The topological polar surface area (TPSA) is 22.0 Å². The number of carbonyl (C=O) groups is 1. The number of benzene rings is 2. The molecule has 2 heterocycles. The van der Waals surface area contributed by atoms with E-state index in [1.165, 1.54) is 10.9 Å². The smallest absolute Gasteiger partial charge is 0.155 e. The molecule has 128 valence electrons. The maximum atomic E-state index is 12.9. The standard InChI is InChI=1S/C22H23NOS/c24-21(16-23-14-12-17-6-4-5-9-20(17)23)18-10-11-22(25-15-13-18)19-7-2-1-3-8-19/h1-9,12,14,18,22H,10-11,13,15-16H2. The fraction of sp³-hybridized carbons (Fsp3) is 0.318. The lowest BCUT2D eigenvalue weighted by atomic mass is 9.93. The highest BCUT2D eigenvalue weighted by atomic mass is 32.2.